The summed E-state index contributed by atoms with van der Waals surface area (Å²) < 4.78 is 4.87. The Kier molecular flexibility index (Phi) is 7.90. The Labute approximate surface area is 92.0 Å². The van der Waals surface area contributed by atoms with E-state index in [0.29, 0.717) is 19.1 Å². The Bertz CT molecular complexity index is 158. The highest BCUT2D eigenvalue weighted by molar-refractivity contribution is 5.69. The van der Waals surface area contributed by atoms with Crippen LogP contribution in [0.25, 0.3) is 0 Å². The Morgan fingerprint density at radius 1 is 1.50 bits per heavy atom. The first kappa shape index (κ1) is 13.7. The van der Waals surface area contributed by atoms with Crippen LogP contribution in [0.15, 0.2) is 0 Å². The molecule has 1 heterocycles. The lowest BCUT2D eigenvalue weighted by molar-refractivity contribution is -0.143. The van der Waals surface area contributed by atoms with E-state index in [9.17, 15) is 4.79 Å². The van der Waals surface area contributed by atoms with Gasteiger partial charge in [-0.15, -0.1) is 0 Å². The van der Waals surface area contributed by atoms with Crippen molar-refractivity contribution in [1.82, 2.24) is 5.32 Å². The third kappa shape index (κ3) is 5.45. The highest BCUT2D eigenvalue weighted by Gasteiger charge is 2.13. The Hall–Kier alpha value is -0.280. The maximum absolute atomic E-state index is 11.0. The van der Waals surface area contributed by atoms with Crippen molar-refractivity contribution in [1.29, 1.82) is 0 Å². The molecule has 0 aliphatic carbocycles. The summed E-state index contributed by atoms with van der Waals surface area (Å²) in [5.41, 5.74) is 0. The summed E-state index contributed by atoms with van der Waals surface area (Å²) in [6.07, 6.45) is 5.26. The smallest absolute Gasteiger partial charge is 0.305 e. The zero-order valence-electron chi connectivity index (χ0n) is 8.72. The van der Waals surface area contributed by atoms with Gasteiger partial charge >= 0.3 is 5.97 Å². The number of esters is 1. The molecule has 0 bridgehead atoms. The summed E-state index contributed by atoms with van der Waals surface area (Å²) in [4.78, 5) is 11.0. The van der Waals surface area contributed by atoms with Gasteiger partial charge in [0.25, 0.3) is 0 Å². The minimum absolute atomic E-state index is 0. The molecule has 0 radical (unpaired) electrons. The SMILES string of the molecule is CCOC(=O)CCC1CCCCN1.[Cl-]. The lowest BCUT2D eigenvalue weighted by atomic mass is 10.0. The van der Waals surface area contributed by atoms with Crippen LogP contribution >= 0.6 is 0 Å². The lowest BCUT2D eigenvalue weighted by Crippen LogP contribution is -3.00. The first-order valence-corrected chi connectivity index (χ1v) is 5.22. The first-order valence-electron chi connectivity index (χ1n) is 5.22. The van der Waals surface area contributed by atoms with E-state index in [0.717, 1.165) is 13.0 Å². The summed E-state index contributed by atoms with van der Waals surface area (Å²) in [6.45, 7) is 3.45. The van der Waals surface area contributed by atoms with E-state index in [2.05, 4.69) is 5.32 Å². The fourth-order valence-corrected chi connectivity index (χ4v) is 1.70. The van der Waals surface area contributed by atoms with Gasteiger partial charge in [-0.05, 0) is 32.7 Å². The molecular formula is C10H19ClNO2-. The summed E-state index contributed by atoms with van der Waals surface area (Å²) in [5.74, 6) is -0.0603. The monoisotopic (exact) mass is 220 g/mol. The molecular weight excluding hydrogens is 202 g/mol. The molecule has 3 nitrogen and oxygen atoms in total. The fraction of sp³-hybridized carbons (Fsp3) is 0.900. The summed E-state index contributed by atoms with van der Waals surface area (Å²) in [7, 11) is 0. The molecule has 1 saturated heterocycles. The van der Waals surface area contributed by atoms with Crippen molar-refractivity contribution in [3.8, 4) is 0 Å². The van der Waals surface area contributed by atoms with Crippen LogP contribution in [0.2, 0.25) is 0 Å². The average molecular weight is 221 g/mol. The van der Waals surface area contributed by atoms with Gasteiger partial charge in [0.1, 0.15) is 0 Å². The number of halogens is 1. The maximum Gasteiger partial charge on any atom is 0.305 e. The highest BCUT2D eigenvalue weighted by atomic mass is 35.5. The quantitative estimate of drug-likeness (QED) is 0.585. The molecule has 1 aliphatic rings. The molecule has 0 aromatic rings. The molecule has 84 valence electrons. The van der Waals surface area contributed by atoms with Crippen LogP contribution in [0.1, 0.15) is 39.0 Å². The molecule has 1 unspecified atom stereocenters. The van der Waals surface area contributed by atoms with Crippen LogP contribution in [0, 0.1) is 0 Å². The number of piperidine rings is 1. The fourth-order valence-electron chi connectivity index (χ4n) is 1.70. The summed E-state index contributed by atoms with van der Waals surface area (Å²) in [6, 6.07) is 0.540. The van der Waals surface area contributed by atoms with Crippen LogP contribution < -0.4 is 17.7 Å². The van der Waals surface area contributed by atoms with Crippen LogP contribution in [0.4, 0.5) is 0 Å². The molecule has 1 rings (SSSR count). The highest BCUT2D eigenvalue weighted by Crippen LogP contribution is 2.11. The van der Waals surface area contributed by atoms with E-state index in [-0.39, 0.29) is 18.4 Å². The van der Waals surface area contributed by atoms with Gasteiger partial charge in [-0.25, -0.2) is 0 Å². The number of rotatable bonds is 4. The molecule has 0 aromatic heterocycles. The molecule has 1 atom stereocenters. The molecule has 0 amide bonds. The number of carbonyl (C=O) groups is 1. The van der Waals surface area contributed by atoms with Gasteiger partial charge in [-0.3, -0.25) is 4.79 Å². The second-order valence-corrected chi connectivity index (χ2v) is 3.49. The van der Waals surface area contributed by atoms with E-state index in [1.807, 2.05) is 6.92 Å². The predicted octanol–water partition coefficient (Wildman–Crippen LogP) is -1.52. The number of nitrogens with one attached hydrogen (secondary N) is 1. The molecule has 1 aliphatic heterocycles. The Morgan fingerprint density at radius 3 is 2.86 bits per heavy atom. The van der Waals surface area contributed by atoms with Crippen molar-refractivity contribution in [3.05, 3.63) is 0 Å². The largest absolute Gasteiger partial charge is 1.00 e. The number of ether oxygens (including phenoxy) is 1. The number of carbonyl (C=O) groups excluding carboxylic acids is 1. The first-order chi connectivity index (χ1) is 6.33. The van der Waals surface area contributed by atoms with Crippen LogP contribution in [-0.2, 0) is 9.53 Å². The average Bonchev–Trinajstić information content (AvgIpc) is 2.17. The standard InChI is InChI=1S/C10H19NO2.ClH/c1-2-13-10(12)7-6-9-5-3-4-8-11-9;/h9,11H,2-8H2,1H3;1H/p-1. The summed E-state index contributed by atoms with van der Waals surface area (Å²) in [5, 5.41) is 3.41. The van der Waals surface area contributed by atoms with Crippen molar-refractivity contribution < 1.29 is 21.9 Å². The molecule has 0 saturated carbocycles. The minimum atomic E-state index is -0.0603. The van der Waals surface area contributed by atoms with Crippen molar-refractivity contribution in [2.45, 2.75) is 45.1 Å². The van der Waals surface area contributed by atoms with Gasteiger partial charge in [0.05, 0.1) is 6.61 Å². The van der Waals surface area contributed by atoms with Crippen LogP contribution in [0.5, 0.6) is 0 Å². The van der Waals surface area contributed by atoms with Crippen molar-refractivity contribution >= 4 is 5.97 Å². The topological polar surface area (TPSA) is 38.3 Å². The van der Waals surface area contributed by atoms with Crippen molar-refractivity contribution in [2.24, 2.45) is 0 Å². The van der Waals surface area contributed by atoms with E-state index < -0.39 is 0 Å². The Balaban J connectivity index is 0.00000169. The molecule has 1 N–H and O–H groups in total. The van der Waals surface area contributed by atoms with Gasteiger partial charge in [-0.2, -0.15) is 0 Å². The Morgan fingerprint density at radius 2 is 2.29 bits per heavy atom. The van der Waals surface area contributed by atoms with Gasteiger partial charge in [0.15, 0.2) is 0 Å². The number of hydrogen-bond acceptors (Lipinski definition) is 3. The van der Waals surface area contributed by atoms with E-state index in [1.165, 1.54) is 19.3 Å². The van der Waals surface area contributed by atoms with Gasteiger partial charge < -0.3 is 22.5 Å². The maximum atomic E-state index is 11.0. The van der Waals surface area contributed by atoms with Crippen LogP contribution in [0.3, 0.4) is 0 Å². The number of hydrogen-bond donors (Lipinski definition) is 1. The van der Waals surface area contributed by atoms with Crippen LogP contribution in [-0.4, -0.2) is 25.2 Å². The summed E-state index contributed by atoms with van der Waals surface area (Å²) >= 11 is 0. The second-order valence-electron chi connectivity index (χ2n) is 3.49. The lowest BCUT2D eigenvalue weighted by Gasteiger charge is -2.22. The van der Waals surface area contributed by atoms with Crippen molar-refractivity contribution in [2.75, 3.05) is 13.2 Å². The normalized spacial score (nSPS) is 21.1. The van der Waals surface area contributed by atoms with Gasteiger partial charge in [0.2, 0.25) is 0 Å². The minimum Gasteiger partial charge on any atom is -1.00 e. The molecule has 1 fully saturated rings. The molecule has 0 aromatic carbocycles. The second kappa shape index (κ2) is 8.06. The molecule has 14 heavy (non-hydrogen) atoms. The van der Waals surface area contributed by atoms with E-state index in [4.69, 9.17) is 4.74 Å². The molecule has 4 heteroatoms. The van der Waals surface area contributed by atoms with E-state index >= 15 is 0 Å². The van der Waals surface area contributed by atoms with Crippen molar-refractivity contribution in [3.63, 3.8) is 0 Å². The zero-order valence-corrected chi connectivity index (χ0v) is 9.48. The third-order valence-corrected chi connectivity index (χ3v) is 2.41. The van der Waals surface area contributed by atoms with E-state index in [1.54, 1.807) is 0 Å². The predicted molar refractivity (Wildman–Crippen MR) is 51.5 cm³/mol. The third-order valence-electron chi connectivity index (χ3n) is 2.41. The molecule has 0 spiro atoms. The zero-order chi connectivity index (χ0) is 9.52. The van der Waals surface area contributed by atoms with Gasteiger partial charge in [-0.1, -0.05) is 6.42 Å². The van der Waals surface area contributed by atoms with Gasteiger partial charge in [0, 0.05) is 12.5 Å².